The quantitative estimate of drug-likeness (QED) is 0.857. The van der Waals surface area contributed by atoms with E-state index in [0.717, 1.165) is 31.0 Å². The molecule has 0 unspecified atom stereocenters. The lowest BCUT2D eigenvalue weighted by atomic mass is 10.2. The molecule has 2 heterocycles. The summed E-state index contributed by atoms with van der Waals surface area (Å²) in [6.07, 6.45) is 7.93. The summed E-state index contributed by atoms with van der Waals surface area (Å²) in [6.45, 7) is 3.01. The van der Waals surface area contributed by atoms with Crippen LogP contribution in [0, 0.1) is 0 Å². The van der Waals surface area contributed by atoms with Gasteiger partial charge in [0.15, 0.2) is 0 Å². The highest BCUT2D eigenvalue weighted by Gasteiger charge is 2.02. The van der Waals surface area contributed by atoms with E-state index in [2.05, 4.69) is 32.8 Å². The average molecular weight is 230 g/mol. The minimum absolute atomic E-state index is 0.840. The topological polar surface area (TPSA) is 42.7 Å². The maximum Gasteiger partial charge on any atom is 0.125 e. The summed E-state index contributed by atoms with van der Waals surface area (Å²) < 4.78 is 2.18. The Morgan fingerprint density at radius 3 is 2.82 bits per heavy atom. The van der Waals surface area contributed by atoms with Gasteiger partial charge in [-0.25, -0.2) is 9.97 Å². The number of hydrogen-bond donors (Lipinski definition) is 1. The summed E-state index contributed by atoms with van der Waals surface area (Å²) in [6, 6.07) is 4.08. The Balaban J connectivity index is 2.10. The van der Waals surface area contributed by atoms with Crippen LogP contribution in [0.1, 0.15) is 24.7 Å². The fraction of sp³-hybridized carbons (Fsp3) is 0.385. The average Bonchev–Trinajstić information content (AvgIpc) is 2.78. The maximum atomic E-state index is 4.37. The molecule has 0 spiro atoms. The summed E-state index contributed by atoms with van der Waals surface area (Å²) in [5.41, 5.74) is 1.19. The van der Waals surface area contributed by atoms with Gasteiger partial charge in [-0.2, -0.15) is 0 Å². The van der Waals surface area contributed by atoms with Gasteiger partial charge in [-0.05, 0) is 18.1 Å². The van der Waals surface area contributed by atoms with Crippen LogP contribution in [0.3, 0.4) is 0 Å². The Bertz CT molecular complexity index is 459. The lowest BCUT2D eigenvalue weighted by molar-refractivity contribution is 0.703. The molecule has 2 aromatic heterocycles. The number of pyridine rings is 1. The highest BCUT2D eigenvalue weighted by atomic mass is 15.1. The first-order chi connectivity index (χ1) is 8.33. The molecule has 90 valence electrons. The van der Waals surface area contributed by atoms with Crippen LogP contribution in [-0.2, 0) is 13.0 Å². The summed E-state index contributed by atoms with van der Waals surface area (Å²) in [4.78, 5) is 8.67. The van der Waals surface area contributed by atoms with E-state index in [9.17, 15) is 0 Å². The Morgan fingerprint density at radius 1 is 1.29 bits per heavy atom. The molecule has 0 saturated carbocycles. The fourth-order valence-electron chi connectivity index (χ4n) is 1.80. The van der Waals surface area contributed by atoms with E-state index < -0.39 is 0 Å². The number of aryl methyl sites for hydroxylation is 1. The van der Waals surface area contributed by atoms with Crippen molar-refractivity contribution < 1.29 is 0 Å². The van der Waals surface area contributed by atoms with Gasteiger partial charge in [-0.3, -0.25) is 0 Å². The van der Waals surface area contributed by atoms with Crippen molar-refractivity contribution >= 4 is 5.82 Å². The van der Waals surface area contributed by atoms with E-state index in [0.29, 0.717) is 0 Å². The van der Waals surface area contributed by atoms with Gasteiger partial charge >= 0.3 is 0 Å². The van der Waals surface area contributed by atoms with Crippen LogP contribution in [0.2, 0.25) is 0 Å². The number of nitrogens with zero attached hydrogens (tertiary/aromatic N) is 3. The zero-order valence-corrected chi connectivity index (χ0v) is 10.3. The molecule has 0 radical (unpaired) electrons. The molecule has 2 aromatic rings. The van der Waals surface area contributed by atoms with E-state index in [1.807, 2.05) is 31.7 Å². The number of anilines is 1. The van der Waals surface area contributed by atoms with Gasteiger partial charge in [0.25, 0.3) is 0 Å². The summed E-state index contributed by atoms with van der Waals surface area (Å²) >= 11 is 0. The zero-order chi connectivity index (χ0) is 12.1. The molecule has 0 bridgehead atoms. The maximum absolute atomic E-state index is 4.37. The van der Waals surface area contributed by atoms with Gasteiger partial charge in [0.1, 0.15) is 11.6 Å². The molecular formula is C13H18N4. The van der Waals surface area contributed by atoms with Crippen LogP contribution < -0.4 is 5.32 Å². The van der Waals surface area contributed by atoms with Crippen LogP contribution in [0.5, 0.6) is 0 Å². The van der Waals surface area contributed by atoms with E-state index in [1.165, 1.54) is 5.56 Å². The minimum Gasteiger partial charge on any atom is -0.373 e. The van der Waals surface area contributed by atoms with Crippen molar-refractivity contribution in [1.82, 2.24) is 14.5 Å². The molecule has 0 saturated heterocycles. The molecule has 1 N–H and O–H groups in total. The molecule has 0 aliphatic heterocycles. The molecule has 0 aliphatic rings. The third-order valence-electron chi connectivity index (χ3n) is 2.71. The molecule has 0 atom stereocenters. The highest BCUT2D eigenvalue weighted by Crippen LogP contribution is 2.08. The minimum atomic E-state index is 0.840. The highest BCUT2D eigenvalue weighted by molar-refractivity contribution is 5.34. The van der Waals surface area contributed by atoms with Crippen molar-refractivity contribution in [3.8, 4) is 0 Å². The molecule has 17 heavy (non-hydrogen) atoms. The Hall–Kier alpha value is -1.84. The SMILES string of the molecule is CCCc1nccn1Cc1ccc(NC)nc1. The standard InChI is InChI=1S/C13H18N4/c1-3-4-13-15-7-8-17(13)10-11-5-6-12(14-2)16-9-11/h5-9H,3-4,10H2,1-2H3,(H,14,16). The van der Waals surface area contributed by atoms with Gasteiger partial charge in [0.2, 0.25) is 0 Å². The lowest BCUT2D eigenvalue weighted by Gasteiger charge is -2.07. The third-order valence-corrected chi connectivity index (χ3v) is 2.71. The van der Waals surface area contributed by atoms with Crippen molar-refractivity contribution in [2.45, 2.75) is 26.3 Å². The summed E-state index contributed by atoms with van der Waals surface area (Å²) in [7, 11) is 1.87. The zero-order valence-electron chi connectivity index (χ0n) is 10.3. The normalized spacial score (nSPS) is 10.5. The van der Waals surface area contributed by atoms with Crippen LogP contribution in [0.15, 0.2) is 30.7 Å². The molecule has 0 aromatic carbocycles. The Labute approximate surface area is 102 Å². The summed E-state index contributed by atoms with van der Waals surface area (Å²) in [5.74, 6) is 2.04. The first-order valence-corrected chi connectivity index (χ1v) is 5.96. The van der Waals surface area contributed by atoms with E-state index in [-0.39, 0.29) is 0 Å². The second kappa shape index (κ2) is 5.48. The van der Waals surface area contributed by atoms with Gasteiger partial charge in [-0.15, -0.1) is 0 Å². The predicted molar refractivity (Wildman–Crippen MR) is 69.1 cm³/mol. The van der Waals surface area contributed by atoms with E-state index in [1.54, 1.807) is 0 Å². The molecule has 0 amide bonds. The summed E-state index contributed by atoms with van der Waals surface area (Å²) in [5, 5.41) is 3.01. The Kier molecular flexibility index (Phi) is 3.75. The van der Waals surface area contributed by atoms with Crippen LogP contribution in [-0.4, -0.2) is 21.6 Å². The van der Waals surface area contributed by atoms with Crippen molar-refractivity contribution in [1.29, 1.82) is 0 Å². The molecule has 2 rings (SSSR count). The van der Waals surface area contributed by atoms with Crippen molar-refractivity contribution in [2.75, 3.05) is 12.4 Å². The molecule has 0 aliphatic carbocycles. The number of imidazole rings is 1. The molecule has 4 nitrogen and oxygen atoms in total. The second-order valence-corrected chi connectivity index (χ2v) is 4.02. The lowest BCUT2D eigenvalue weighted by Crippen LogP contribution is -2.04. The number of aromatic nitrogens is 3. The van der Waals surface area contributed by atoms with E-state index >= 15 is 0 Å². The fourth-order valence-corrected chi connectivity index (χ4v) is 1.80. The van der Waals surface area contributed by atoms with Crippen molar-refractivity contribution in [3.63, 3.8) is 0 Å². The van der Waals surface area contributed by atoms with Crippen molar-refractivity contribution in [2.24, 2.45) is 0 Å². The molecular weight excluding hydrogens is 212 g/mol. The third kappa shape index (κ3) is 2.84. The van der Waals surface area contributed by atoms with Crippen LogP contribution >= 0.6 is 0 Å². The first kappa shape index (κ1) is 11.6. The van der Waals surface area contributed by atoms with Gasteiger partial charge < -0.3 is 9.88 Å². The number of hydrogen-bond acceptors (Lipinski definition) is 3. The Morgan fingerprint density at radius 2 is 2.18 bits per heavy atom. The number of nitrogens with one attached hydrogen (secondary N) is 1. The van der Waals surface area contributed by atoms with E-state index in [4.69, 9.17) is 0 Å². The van der Waals surface area contributed by atoms with Crippen molar-refractivity contribution in [3.05, 3.63) is 42.1 Å². The monoisotopic (exact) mass is 230 g/mol. The molecule has 4 heteroatoms. The second-order valence-electron chi connectivity index (χ2n) is 4.02. The first-order valence-electron chi connectivity index (χ1n) is 5.96. The van der Waals surface area contributed by atoms with Gasteiger partial charge in [0.05, 0.1) is 6.54 Å². The van der Waals surface area contributed by atoms with Gasteiger partial charge in [-0.1, -0.05) is 13.0 Å². The molecule has 0 fully saturated rings. The van der Waals surface area contributed by atoms with Crippen LogP contribution in [0.25, 0.3) is 0 Å². The number of rotatable bonds is 5. The predicted octanol–water partition coefficient (Wildman–Crippen LogP) is 2.32. The van der Waals surface area contributed by atoms with Crippen LogP contribution in [0.4, 0.5) is 5.82 Å². The smallest absolute Gasteiger partial charge is 0.125 e. The largest absolute Gasteiger partial charge is 0.373 e. The van der Waals surface area contributed by atoms with Gasteiger partial charge in [0, 0.05) is 32.1 Å².